The molecule has 0 radical (unpaired) electrons. The summed E-state index contributed by atoms with van der Waals surface area (Å²) in [6.45, 7) is 7.93. The Morgan fingerprint density at radius 3 is 2.59 bits per heavy atom. The fourth-order valence-electron chi connectivity index (χ4n) is 1.57. The lowest BCUT2D eigenvalue weighted by atomic mass is 9.94. The molecule has 98 valence electrons. The van der Waals surface area contributed by atoms with Gasteiger partial charge < -0.3 is 15.2 Å². The Hall–Kier alpha value is -1.52. The number of rotatable bonds is 8. The van der Waals surface area contributed by atoms with Crippen molar-refractivity contribution in [1.82, 2.24) is 5.32 Å². The molecule has 0 rings (SSSR count). The van der Waals surface area contributed by atoms with Crippen LogP contribution in [0, 0.1) is 11.8 Å². The topological polar surface area (TPSA) is 75.6 Å². The molecular formula is C12H21NO4. The van der Waals surface area contributed by atoms with Crippen molar-refractivity contribution >= 4 is 12.1 Å². The van der Waals surface area contributed by atoms with Gasteiger partial charge in [-0.05, 0) is 18.3 Å². The molecule has 0 saturated carbocycles. The van der Waals surface area contributed by atoms with E-state index < -0.39 is 12.1 Å². The summed E-state index contributed by atoms with van der Waals surface area (Å²) in [5, 5.41) is 11.3. The Morgan fingerprint density at radius 1 is 1.47 bits per heavy atom. The average molecular weight is 243 g/mol. The molecule has 5 nitrogen and oxygen atoms in total. The molecule has 0 aliphatic heterocycles. The minimum atomic E-state index is -0.850. The van der Waals surface area contributed by atoms with Crippen LogP contribution in [0.15, 0.2) is 12.7 Å². The summed E-state index contributed by atoms with van der Waals surface area (Å²) >= 11 is 0. The highest BCUT2D eigenvalue weighted by atomic mass is 16.5. The Balaban J connectivity index is 4.01. The number of nitrogens with one attached hydrogen (secondary N) is 1. The number of carbonyl (C=O) groups is 2. The molecule has 0 fully saturated rings. The zero-order valence-corrected chi connectivity index (χ0v) is 10.4. The Labute approximate surface area is 102 Å². The smallest absolute Gasteiger partial charge is 0.407 e. The maximum atomic E-state index is 11.1. The van der Waals surface area contributed by atoms with Crippen LogP contribution in [-0.2, 0) is 9.53 Å². The lowest BCUT2D eigenvalue weighted by molar-refractivity contribution is -0.138. The number of amides is 1. The molecular weight excluding hydrogens is 222 g/mol. The Bertz CT molecular complexity index is 263. The van der Waals surface area contributed by atoms with E-state index in [9.17, 15) is 9.59 Å². The summed E-state index contributed by atoms with van der Waals surface area (Å²) in [4.78, 5) is 21.8. The van der Waals surface area contributed by atoms with Gasteiger partial charge in [-0.1, -0.05) is 26.5 Å². The van der Waals surface area contributed by atoms with E-state index in [-0.39, 0.29) is 18.9 Å². The number of carbonyl (C=O) groups excluding carboxylic acids is 1. The van der Waals surface area contributed by atoms with Crippen molar-refractivity contribution in [3.05, 3.63) is 12.7 Å². The van der Waals surface area contributed by atoms with Gasteiger partial charge in [0.1, 0.15) is 6.61 Å². The monoisotopic (exact) mass is 243 g/mol. The van der Waals surface area contributed by atoms with Crippen molar-refractivity contribution in [2.45, 2.75) is 26.7 Å². The van der Waals surface area contributed by atoms with Crippen LogP contribution < -0.4 is 5.32 Å². The number of hydrogen-bond acceptors (Lipinski definition) is 3. The second-order valence-electron chi connectivity index (χ2n) is 4.36. The Kier molecular flexibility index (Phi) is 7.84. The van der Waals surface area contributed by atoms with E-state index in [4.69, 9.17) is 9.84 Å². The van der Waals surface area contributed by atoms with Crippen LogP contribution in [0.3, 0.4) is 0 Å². The summed E-state index contributed by atoms with van der Waals surface area (Å²) in [7, 11) is 0. The molecule has 0 heterocycles. The summed E-state index contributed by atoms with van der Waals surface area (Å²) in [5.41, 5.74) is 0. The third kappa shape index (κ3) is 9.41. The maximum Gasteiger partial charge on any atom is 0.407 e. The summed E-state index contributed by atoms with van der Waals surface area (Å²) < 4.78 is 4.74. The fraction of sp³-hybridized carbons (Fsp3) is 0.667. The molecule has 1 amide bonds. The zero-order chi connectivity index (χ0) is 13.3. The number of carboxylic acids is 1. The minimum absolute atomic E-state index is 0.0555. The first-order valence-electron chi connectivity index (χ1n) is 5.69. The first-order chi connectivity index (χ1) is 7.95. The summed E-state index contributed by atoms with van der Waals surface area (Å²) in [6.07, 6.45) is 1.75. The van der Waals surface area contributed by atoms with Crippen LogP contribution in [-0.4, -0.2) is 30.3 Å². The fourth-order valence-corrected chi connectivity index (χ4v) is 1.57. The van der Waals surface area contributed by atoms with E-state index in [1.165, 1.54) is 6.08 Å². The quantitative estimate of drug-likeness (QED) is 0.640. The zero-order valence-electron chi connectivity index (χ0n) is 10.4. The number of alkyl carbamates (subject to hydrolysis) is 1. The SMILES string of the molecule is C=CCOC(=O)NC[C@H](CC(=O)O)CC(C)C. The molecule has 0 aromatic heterocycles. The van der Waals surface area contributed by atoms with Gasteiger partial charge in [0.25, 0.3) is 0 Å². The van der Waals surface area contributed by atoms with Crippen molar-refractivity contribution < 1.29 is 19.4 Å². The molecule has 17 heavy (non-hydrogen) atoms. The van der Waals surface area contributed by atoms with E-state index in [0.29, 0.717) is 12.5 Å². The number of hydrogen-bond donors (Lipinski definition) is 2. The van der Waals surface area contributed by atoms with Gasteiger partial charge in [0.05, 0.1) is 0 Å². The number of ether oxygens (including phenoxy) is 1. The molecule has 0 aliphatic rings. The van der Waals surface area contributed by atoms with Crippen LogP contribution >= 0.6 is 0 Å². The molecule has 1 atom stereocenters. The van der Waals surface area contributed by atoms with Crippen LogP contribution in [0.5, 0.6) is 0 Å². The molecule has 0 bridgehead atoms. The molecule has 5 heteroatoms. The van der Waals surface area contributed by atoms with Gasteiger partial charge in [0, 0.05) is 13.0 Å². The van der Waals surface area contributed by atoms with E-state index in [1.54, 1.807) is 0 Å². The van der Waals surface area contributed by atoms with Crippen molar-refractivity contribution in [3.8, 4) is 0 Å². The predicted octanol–water partition coefficient (Wildman–Crippen LogP) is 2.04. The standard InChI is InChI=1S/C12H21NO4/c1-4-5-17-12(16)13-8-10(6-9(2)3)7-11(14)15/h4,9-10H,1,5-8H2,2-3H3,(H,13,16)(H,14,15)/t10-/m0/s1. The van der Waals surface area contributed by atoms with Gasteiger partial charge >= 0.3 is 12.1 Å². The van der Waals surface area contributed by atoms with Gasteiger partial charge in [-0.3, -0.25) is 4.79 Å². The molecule has 0 unspecified atom stereocenters. The van der Waals surface area contributed by atoms with E-state index >= 15 is 0 Å². The van der Waals surface area contributed by atoms with Crippen LogP contribution in [0.1, 0.15) is 26.7 Å². The second kappa shape index (κ2) is 8.61. The van der Waals surface area contributed by atoms with Gasteiger partial charge in [0.2, 0.25) is 0 Å². The third-order valence-electron chi connectivity index (χ3n) is 2.14. The van der Waals surface area contributed by atoms with Crippen molar-refractivity contribution in [1.29, 1.82) is 0 Å². The van der Waals surface area contributed by atoms with Crippen molar-refractivity contribution in [2.24, 2.45) is 11.8 Å². The number of carboxylic acid groups (broad SMARTS) is 1. The van der Waals surface area contributed by atoms with Crippen LogP contribution in [0.2, 0.25) is 0 Å². The predicted molar refractivity (Wildman–Crippen MR) is 64.7 cm³/mol. The lowest BCUT2D eigenvalue weighted by Gasteiger charge is -2.17. The summed E-state index contributed by atoms with van der Waals surface area (Å²) in [5.74, 6) is -0.522. The first-order valence-corrected chi connectivity index (χ1v) is 5.69. The van der Waals surface area contributed by atoms with Crippen LogP contribution in [0.25, 0.3) is 0 Å². The highest BCUT2D eigenvalue weighted by Crippen LogP contribution is 2.14. The second-order valence-corrected chi connectivity index (χ2v) is 4.36. The maximum absolute atomic E-state index is 11.1. The summed E-state index contributed by atoms with van der Waals surface area (Å²) in [6, 6.07) is 0. The molecule has 2 N–H and O–H groups in total. The van der Waals surface area contributed by atoms with Gasteiger partial charge in [-0.2, -0.15) is 0 Å². The largest absolute Gasteiger partial charge is 0.481 e. The minimum Gasteiger partial charge on any atom is -0.481 e. The van der Waals surface area contributed by atoms with Crippen molar-refractivity contribution in [2.75, 3.05) is 13.2 Å². The first kappa shape index (κ1) is 15.5. The van der Waals surface area contributed by atoms with Crippen LogP contribution in [0.4, 0.5) is 4.79 Å². The van der Waals surface area contributed by atoms with Gasteiger partial charge in [0.15, 0.2) is 0 Å². The Morgan fingerprint density at radius 2 is 2.12 bits per heavy atom. The van der Waals surface area contributed by atoms with E-state index in [1.807, 2.05) is 13.8 Å². The molecule has 0 spiro atoms. The van der Waals surface area contributed by atoms with Crippen molar-refractivity contribution in [3.63, 3.8) is 0 Å². The highest BCUT2D eigenvalue weighted by Gasteiger charge is 2.16. The lowest BCUT2D eigenvalue weighted by Crippen LogP contribution is -2.31. The normalized spacial score (nSPS) is 11.9. The molecule has 0 aromatic carbocycles. The molecule has 0 aliphatic carbocycles. The van der Waals surface area contributed by atoms with E-state index in [2.05, 4.69) is 11.9 Å². The van der Waals surface area contributed by atoms with Gasteiger partial charge in [-0.25, -0.2) is 4.79 Å². The molecule has 0 aromatic rings. The third-order valence-corrected chi connectivity index (χ3v) is 2.14. The highest BCUT2D eigenvalue weighted by molar-refractivity contribution is 5.68. The van der Waals surface area contributed by atoms with Gasteiger partial charge in [-0.15, -0.1) is 0 Å². The average Bonchev–Trinajstić information content (AvgIpc) is 2.21. The van der Waals surface area contributed by atoms with E-state index in [0.717, 1.165) is 6.42 Å². The molecule has 0 saturated heterocycles. The number of aliphatic carboxylic acids is 1.